The van der Waals surface area contributed by atoms with E-state index in [2.05, 4.69) is 10.4 Å². The van der Waals surface area contributed by atoms with Gasteiger partial charge in [-0.25, -0.2) is 4.39 Å². The Balaban J connectivity index is 1.86. The zero-order valence-electron chi connectivity index (χ0n) is 16.1. The van der Waals surface area contributed by atoms with Crippen molar-refractivity contribution in [1.82, 2.24) is 9.78 Å². The molecule has 2 aromatic carbocycles. The molecule has 1 aromatic heterocycles. The van der Waals surface area contributed by atoms with Crippen LogP contribution in [0.1, 0.15) is 5.69 Å². The van der Waals surface area contributed by atoms with E-state index in [-0.39, 0.29) is 18.3 Å². The average Bonchev–Trinajstić information content (AvgIpc) is 3.02. The minimum absolute atomic E-state index is 0.00169. The number of nitrogens with zero attached hydrogens (tertiary/aromatic N) is 2. The number of carbonyl (C=O) groups excluding carboxylic acids is 1. The molecule has 0 bridgehead atoms. The van der Waals surface area contributed by atoms with Crippen LogP contribution in [0.4, 0.5) is 10.1 Å². The highest BCUT2D eigenvalue weighted by Crippen LogP contribution is 2.39. The lowest BCUT2D eigenvalue weighted by molar-refractivity contribution is -0.118. The lowest BCUT2D eigenvalue weighted by atomic mass is 9.98. The lowest BCUT2D eigenvalue weighted by Crippen LogP contribution is -2.25. The van der Waals surface area contributed by atoms with Gasteiger partial charge in [0, 0.05) is 33.9 Å². The smallest absolute Gasteiger partial charge is 0.262 e. The minimum atomic E-state index is -0.967. The molecule has 1 atom stereocenters. The fourth-order valence-corrected chi connectivity index (χ4v) is 3.87. The van der Waals surface area contributed by atoms with Gasteiger partial charge in [-0.3, -0.25) is 13.7 Å². The lowest BCUT2D eigenvalue weighted by Gasteiger charge is -2.19. The van der Waals surface area contributed by atoms with Gasteiger partial charge in [-0.05, 0) is 48.9 Å². The molecule has 6 nitrogen and oxygen atoms in total. The van der Waals surface area contributed by atoms with Gasteiger partial charge in [0.2, 0.25) is 0 Å². The Hall–Kier alpha value is -3.00. The first kappa shape index (κ1) is 19.3. The van der Waals surface area contributed by atoms with Crippen molar-refractivity contribution in [3.05, 3.63) is 54.0 Å². The third kappa shape index (κ3) is 3.93. The Kier molecular flexibility index (Phi) is 5.19. The van der Waals surface area contributed by atoms with Gasteiger partial charge >= 0.3 is 0 Å². The second kappa shape index (κ2) is 7.79. The summed E-state index contributed by atoms with van der Waals surface area (Å²) in [4.78, 5) is 11.7. The van der Waals surface area contributed by atoms with Crippen molar-refractivity contribution in [2.45, 2.75) is 13.5 Å². The molecule has 150 valence electrons. The summed E-state index contributed by atoms with van der Waals surface area (Å²) in [6.45, 7) is 2.37. The van der Waals surface area contributed by atoms with E-state index < -0.39 is 10.8 Å². The van der Waals surface area contributed by atoms with E-state index in [0.29, 0.717) is 23.7 Å². The van der Waals surface area contributed by atoms with E-state index in [1.807, 2.05) is 29.8 Å². The molecule has 0 saturated heterocycles. The van der Waals surface area contributed by atoms with Crippen LogP contribution in [0.3, 0.4) is 0 Å². The van der Waals surface area contributed by atoms with Crippen molar-refractivity contribution < 1.29 is 18.1 Å². The third-order valence-electron chi connectivity index (χ3n) is 4.74. The molecule has 0 saturated carbocycles. The average molecular weight is 413 g/mol. The van der Waals surface area contributed by atoms with Crippen molar-refractivity contribution in [3.8, 4) is 28.1 Å². The fraction of sp³-hybridized carbons (Fsp3) is 0.238. The molecule has 1 amide bonds. The van der Waals surface area contributed by atoms with Crippen LogP contribution in [0, 0.1) is 12.7 Å². The summed E-state index contributed by atoms with van der Waals surface area (Å²) < 4.78 is 32.4. The number of ether oxygens (including phenoxy) is 1. The van der Waals surface area contributed by atoms with Crippen LogP contribution in [-0.2, 0) is 22.1 Å². The van der Waals surface area contributed by atoms with Crippen LogP contribution in [0.25, 0.3) is 22.4 Å². The molecule has 1 N–H and O–H groups in total. The summed E-state index contributed by atoms with van der Waals surface area (Å²) in [5, 5.41) is 7.48. The molecule has 0 aliphatic carbocycles. The first-order chi connectivity index (χ1) is 13.9. The van der Waals surface area contributed by atoms with Gasteiger partial charge in [-0.1, -0.05) is 6.07 Å². The van der Waals surface area contributed by atoms with Crippen molar-refractivity contribution >= 4 is 22.4 Å². The van der Waals surface area contributed by atoms with Crippen molar-refractivity contribution in [3.63, 3.8) is 0 Å². The van der Waals surface area contributed by atoms with Crippen LogP contribution in [-0.4, -0.2) is 38.5 Å². The molecule has 1 aliphatic rings. The predicted molar refractivity (Wildman–Crippen MR) is 111 cm³/mol. The van der Waals surface area contributed by atoms with Crippen molar-refractivity contribution in [1.29, 1.82) is 0 Å². The Labute approximate surface area is 170 Å². The van der Waals surface area contributed by atoms with Gasteiger partial charge < -0.3 is 10.1 Å². The van der Waals surface area contributed by atoms with Gasteiger partial charge in [-0.15, -0.1) is 0 Å². The van der Waals surface area contributed by atoms with Gasteiger partial charge in [0.05, 0.1) is 23.6 Å². The maximum Gasteiger partial charge on any atom is 0.262 e. The van der Waals surface area contributed by atoms with E-state index in [1.165, 1.54) is 12.1 Å². The number of aromatic nitrogens is 2. The summed E-state index contributed by atoms with van der Waals surface area (Å²) in [5.41, 5.74) is 4.74. The number of nitrogens with one attached hydrogen (secondary N) is 1. The molecule has 0 spiro atoms. The molecule has 1 unspecified atom stereocenters. The maximum atomic E-state index is 13.5. The number of hydrogen-bond donors (Lipinski definition) is 1. The molecule has 4 rings (SSSR count). The van der Waals surface area contributed by atoms with E-state index >= 15 is 0 Å². The summed E-state index contributed by atoms with van der Waals surface area (Å²) >= 11 is 0. The number of anilines is 1. The van der Waals surface area contributed by atoms with Crippen LogP contribution in [0.15, 0.2) is 42.5 Å². The van der Waals surface area contributed by atoms with Crippen LogP contribution in [0.5, 0.6) is 5.75 Å². The van der Waals surface area contributed by atoms with Crippen LogP contribution >= 0.6 is 0 Å². The standard InChI is InChI=1S/C21H20FN3O3S/c1-13-20(15-5-8-18-17(11-15)23-19(26)12-28-18)21(14-3-6-16(22)7-4-14)25(24-13)9-10-29(2)27/h3-8,11H,9-10,12H2,1-2H3,(H,23,26). The summed E-state index contributed by atoms with van der Waals surface area (Å²) in [7, 11) is -0.967. The number of halogens is 1. The van der Waals surface area contributed by atoms with Crippen molar-refractivity contribution in [2.75, 3.05) is 23.9 Å². The quantitative estimate of drug-likeness (QED) is 0.696. The molecule has 2 heterocycles. The minimum Gasteiger partial charge on any atom is -0.482 e. The van der Waals surface area contributed by atoms with Gasteiger partial charge in [0.15, 0.2) is 6.61 Å². The zero-order chi connectivity index (χ0) is 20.5. The number of amides is 1. The number of fused-ring (bicyclic) bond motifs is 1. The van der Waals surface area contributed by atoms with Gasteiger partial charge in [0.1, 0.15) is 11.6 Å². The monoisotopic (exact) mass is 413 g/mol. The largest absolute Gasteiger partial charge is 0.482 e. The molecule has 0 fully saturated rings. The highest BCUT2D eigenvalue weighted by Gasteiger charge is 2.22. The zero-order valence-corrected chi connectivity index (χ0v) is 16.9. The summed E-state index contributed by atoms with van der Waals surface area (Å²) in [6, 6.07) is 11.8. The normalized spacial score (nSPS) is 14.1. The highest BCUT2D eigenvalue weighted by molar-refractivity contribution is 7.84. The first-order valence-corrected chi connectivity index (χ1v) is 10.9. The van der Waals surface area contributed by atoms with E-state index in [9.17, 15) is 13.4 Å². The van der Waals surface area contributed by atoms with E-state index in [0.717, 1.165) is 28.1 Å². The molecule has 0 radical (unpaired) electrons. The first-order valence-electron chi connectivity index (χ1n) is 9.13. The maximum absolute atomic E-state index is 13.5. The Morgan fingerprint density at radius 1 is 1.21 bits per heavy atom. The summed E-state index contributed by atoms with van der Waals surface area (Å²) in [6.07, 6.45) is 1.65. The van der Waals surface area contributed by atoms with Gasteiger partial charge in [0.25, 0.3) is 5.91 Å². The number of aryl methyl sites for hydroxylation is 2. The molecular formula is C21H20FN3O3S. The SMILES string of the molecule is Cc1nn(CCS(C)=O)c(-c2ccc(F)cc2)c1-c1ccc2c(c1)NC(=O)CO2. The van der Waals surface area contributed by atoms with E-state index in [1.54, 1.807) is 18.4 Å². The Morgan fingerprint density at radius 3 is 2.66 bits per heavy atom. The molecule has 29 heavy (non-hydrogen) atoms. The van der Waals surface area contributed by atoms with Gasteiger partial charge in [-0.2, -0.15) is 5.10 Å². The summed E-state index contributed by atoms with van der Waals surface area (Å²) in [5.74, 6) is 0.554. The molecule has 1 aliphatic heterocycles. The number of hydrogen-bond acceptors (Lipinski definition) is 4. The number of rotatable bonds is 5. The topological polar surface area (TPSA) is 73.2 Å². The third-order valence-corrected chi connectivity index (χ3v) is 5.49. The van der Waals surface area contributed by atoms with Crippen LogP contribution < -0.4 is 10.1 Å². The predicted octanol–water partition coefficient (Wildman–Crippen LogP) is 3.37. The molecule has 8 heteroatoms. The Bertz CT molecular complexity index is 1110. The second-order valence-corrected chi connectivity index (χ2v) is 8.42. The molecular weight excluding hydrogens is 393 g/mol. The fourth-order valence-electron chi connectivity index (χ4n) is 3.44. The molecule has 3 aromatic rings. The highest BCUT2D eigenvalue weighted by atomic mass is 32.2. The number of benzene rings is 2. The second-order valence-electron chi connectivity index (χ2n) is 6.86. The van der Waals surface area contributed by atoms with E-state index in [4.69, 9.17) is 4.74 Å². The van der Waals surface area contributed by atoms with Crippen LogP contribution in [0.2, 0.25) is 0 Å². The number of carbonyl (C=O) groups is 1. The Morgan fingerprint density at radius 2 is 1.93 bits per heavy atom. The van der Waals surface area contributed by atoms with Crippen molar-refractivity contribution in [2.24, 2.45) is 0 Å².